The molecule has 0 fully saturated rings. The van der Waals surface area contributed by atoms with E-state index in [1.165, 1.54) is 12.3 Å². The number of nitrogens with zero attached hydrogens (tertiary/aromatic N) is 2. The molecule has 1 unspecified atom stereocenters. The monoisotopic (exact) mass is 402 g/mol. The van der Waals surface area contributed by atoms with E-state index in [-0.39, 0.29) is 22.9 Å². The molecular weight excluding hydrogens is 390 g/mol. The Morgan fingerprint density at radius 3 is 2.82 bits per heavy atom. The molecule has 0 aliphatic rings. The lowest BCUT2D eigenvalue weighted by atomic mass is 10.1. The number of aromatic nitrogens is 1. The maximum Gasteiger partial charge on any atom is 0.293 e. The highest BCUT2D eigenvalue weighted by atomic mass is 32.1. The van der Waals surface area contributed by atoms with Crippen LogP contribution >= 0.6 is 11.3 Å². The van der Waals surface area contributed by atoms with Crippen LogP contribution in [0.2, 0.25) is 0 Å². The summed E-state index contributed by atoms with van der Waals surface area (Å²) in [6.45, 7) is 0. The highest BCUT2D eigenvalue weighted by molar-refractivity contribution is 7.14. The smallest absolute Gasteiger partial charge is 0.293 e. The van der Waals surface area contributed by atoms with Gasteiger partial charge in [-0.3, -0.25) is 14.9 Å². The number of anilines is 1. The van der Waals surface area contributed by atoms with E-state index in [4.69, 9.17) is 4.42 Å². The Labute approximate surface area is 161 Å². The van der Waals surface area contributed by atoms with Crippen LogP contribution in [-0.2, 0) is 11.2 Å². The van der Waals surface area contributed by atoms with Crippen LogP contribution in [0.5, 0.6) is 0 Å². The molecule has 3 aromatic rings. The maximum absolute atomic E-state index is 13.8. The van der Waals surface area contributed by atoms with Crippen molar-refractivity contribution in [2.75, 3.05) is 5.32 Å². The number of nitriles is 1. The molecule has 1 aromatic carbocycles. The fourth-order valence-corrected chi connectivity index (χ4v) is 3.01. The van der Waals surface area contributed by atoms with Crippen molar-refractivity contribution in [3.63, 3.8) is 0 Å². The first-order valence-corrected chi connectivity index (χ1v) is 8.77. The largest absolute Gasteiger partial charge is 0.459 e. The zero-order chi connectivity index (χ0) is 20.1. The van der Waals surface area contributed by atoms with Crippen LogP contribution in [0.1, 0.15) is 27.9 Å². The van der Waals surface area contributed by atoms with Crippen molar-refractivity contribution in [1.82, 2.24) is 10.3 Å². The molecule has 10 heteroatoms. The summed E-state index contributed by atoms with van der Waals surface area (Å²) in [5, 5.41) is 15.9. The first-order chi connectivity index (χ1) is 13.5. The summed E-state index contributed by atoms with van der Waals surface area (Å²) < 4.78 is 31.8. The van der Waals surface area contributed by atoms with Gasteiger partial charge in [0.25, 0.3) is 5.91 Å². The van der Waals surface area contributed by atoms with Gasteiger partial charge in [0.2, 0.25) is 5.91 Å². The zero-order valence-electron chi connectivity index (χ0n) is 14.1. The minimum atomic E-state index is -1.27. The summed E-state index contributed by atoms with van der Waals surface area (Å²) >= 11 is 1.11. The molecule has 7 nitrogen and oxygen atoms in total. The SMILES string of the molecule is N#CC(NC(=O)Cc1csc(NC(=O)c2ccco2)n1)c1ccc(F)cc1F. The molecule has 0 spiro atoms. The van der Waals surface area contributed by atoms with Gasteiger partial charge in [0.05, 0.1) is 24.4 Å². The van der Waals surface area contributed by atoms with E-state index in [9.17, 15) is 23.6 Å². The van der Waals surface area contributed by atoms with E-state index in [1.807, 2.05) is 0 Å². The summed E-state index contributed by atoms with van der Waals surface area (Å²) in [5.74, 6) is -2.65. The van der Waals surface area contributed by atoms with E-state index in [1.54, 1.807) is 17.5 Å². The minimum Gasteiger partial charge on any atom is -0.459 e. The normalized spacial score (nSPS) is 11.5. The predicted molar refractivity (Wildman–Crippen MR) is 95.3 cm³/mol. The van der Waals surface area contributed by atoms with Crippen molar-refractivity contribution in [3.05, 3.63) is 70.6 Å². The van der Waals surface area contributed by atoms with Crippen molar-refractivity contribution in [2.45, 2.75) is 12.5 Å². The molecule has 3 rings (SSSR count). The number of rotatable bonds is 6. The standard InChI is InChI=1S/C18H12F2N4O3S/c19-10-3-4-12(13(20)6-10)14(8-21)23-16(25)7-11-9-28-18(22-11)24-17(26)15-2-1-5-27-15/h1-6,9,14H,7H2,(H,23,25)(H,22,24,26). The van der Waals surface area contributed by atoms with Gasteiger partial charge in [0, 0.05) is 17.0 Å². The van der Waals surface area contributed by atoms with Gasteiger partial charge in [-0.25, -0.2) is 13.8 Å². The fraction of sp³-hybridized carbons (Fsp3) is 0.111. The number of carbonyl (C=O) groups is 2. The number of amides is 2. The highest BCUT2D eigenvalue weighted by Crippen LogP contribution is 2.19. The van der Waals surface area contributed by atoms with Crippen LogP contribution in [0.15, 0.2) is 46.4 Å². The van der Waals surface area contributed by atoms with Crippen LogP contribution in [0.4, 0.5) is 13.9 Å². The molecule has 0 saturated carbocycles. The first-order valence-electron chi connectivity index (χ1n) is 7.89. The van der Waals surface area contributed by atoms with Crippen molar-refractivity contribution in [1.29, 1.82) is 5.26 Å². The van der Waals surface area contributed by atoms with Gasteiger partial charge in [0.1, 0.15) is 17.7 Å². The molecule has 2 aromatic heterocycles. The molecule has 142 valence electrons. The maximum atomic E-state index is 13.8. The third kappa shape index (κ3) is 4.57. The second-order valence-electron chi connectivity index (χ2n) is 5.55. The Kier molecular flexibility index (Phi) is 5.76. The van der Waals surface area contributed by atoms with Gasteiger partial charge in [-0.05, 0) is 18.2 Å². The highest BCUT2D eigenvalue weighted by Gasteiger charge is 2.19. The number of hydrogen-bond donors (Lipinski definition) is 2. The van der Waals surface area contributed by atoms with E-state index >= 15 is 0 Å². The Morgan fingerprint density at radius 2 is 2.14 bits per heavy atom. The average molecular weight is 402 g/mol. The first kappa shape index (κ1) is 19.2. The summed E-state index contributed by atoms with van der Waals surface area (Å²) in [6, 6.07) is 6.30. The number of furan rings is 1. The van der Waals surface area contributed by atoms with Gasteiger partial charge in [-0.15, -0.1) is 11.3 Å². The lowest BCUT2D eigenvalue weighted by molar-refractivity contribution is -0.120. The fourth-order valence-electron chi connectivity index (χ4n) is 2.30. The molecule has 2 heterocycles. The summed E-state index contributed by atoms with van der Waals surface area (Å²) in [7, 11) is 0. The van der Waals surface area contributed by atoms with Crippen molar-refractivity contribution in [3.8, 4) is 6.07 Å². The summed E-state index contributed by atoms with van der Waals surface area (Å²) in [5.41, 5.74) is 0.218. The molecular formula is C18H12F2N4O3S. The van der Waals surface area contributed by atoms with Crippen molar-refractivity contribution < 1.29 is 22.8 Å². The molecule has 2 amide bonds. The quantitative estimate of drug-likeness (QED) is 0.658. The molecule has 0 aliphatic heterocycles. The van der Waals surface area contributed by atoms with Crippen LogP contribution in [0, 0.1) is 23.0 Å². The summed E-state index contributed by atoms with van der Waals surface area (Å²) in [6.07, 6.45) is 1.18. The van der Waals surface area contributed by atoms with Gasteiger partial charge in [-0.2, -0.15) is 5.26 Å². The molecule has 0 radical (unpaired) electrons. The van der Waals surface area contributed by atoms with Crippen LogP contribution < -0.4 is 10.6 Å². The Bertz CT molecular complexity index is 1040. The summed E-state index contributed by atoms with van der Waals surface area (Å²) in [4.78, 5) is 28.2. The number of halogens is 2. The van der Waals surface area contributed by atoms with Crippen LogP contribution in [0.3, 0.4) is 0 Å². The van der Waals surface area contributed by atoms with Gasteiger partial charge >= 0.3 is 0 Å². The second-order valence-corrected chi connectivity index (χ2v) is 6.41. The number of thiazole rings is 1. The lowest BCUT2D eigenvalue weighted by Crippen LogP contribution is -2.29. The van der Waals surface area contributed by atoms with Gasteiger partial charge in [-0.1, -0.05) is 6.07 Å². The van der Waals surface area contributed by atoms with Crippen LogP contribution in [-0.4, -0.2) is 16.8 Å². The molecule has 0 saturated heterocycles. The lowest BCUT2D eigenvalue weighted by Gasteiger charge is -2.12. The van der Waals surface area contributed by atoms with E-state index in [0.717, 1.165) is 23.5 Å². The number of nitrogens with one attached hydrogen (secondary N) is 2. The molecule has 0 aliphatic carbocycles. The third-order valence-electron chi connectivity index (χ3n) is 3.57. The Hall–Kier alpha value is -3.58. The van der Waals surface area contributed by atoms with Crippen molar-refractivity contribution >= 4 is 28.3 Å². The number of carbonyl (C=O) groups excluding carboxylic acids is 2. The van der Waals surface area contributed by atoms with E-state index in [0.29, 0.717) is 11.8 Å². The third-order valence-corrected chi connectivity index (χ3v) is 4.37. The van der Waals surface area contributed by atoms with Crippen molar-refractivity contribution in [2.24, 2.45) is 0 Å². The van der Waals surface area contributed by atoms with Crippen LogP contribution in [0.25, 0.3) is 0 Å². The number of hydrogen-bond acceptors (Lipinski definition) is 6. The Morgan fingerprint density at radius 1 is 1.32 bits per heavy atom. The topological polar surface area (TPSA) is 108 Å². The van der Waals surface area contributed by atoms with Gasteiger partial charge in [0.15, 0.2) is 10.9 Å². The minimum absolute atomic E-state index is 0.118. The van der Waals surface area contributed by atoms with Gasteiger partial charge < -0.3 is 9.73 Å². The van der Waals surface area contributed by atoms with E-state index < -0.39 is 29.5 Å². The average Bonchev–Trinajstić information content (AvgIpc) is 3.32. The second kappa shape index (κ2) is 8.41. The molecule has 0 bridgehead atoms. The van der Waals surface area contributed by atoms with E-state index in [2.05, 4.69) is 15.6 Å². The predicted octanol–water partition coefficient (Wildman–Crippen LogP) is 3.19. The molecule has 2 N–H and O–H groups in total. The Balaban J connectivity index is 1.61. The number of benzene rings is 1. The molecule has 1 atom stereocenters. The molecule has 28 heavy (non-hydrogen) atoms. The zero-order valence-corrected chi connectivity index (χ0v) is 14.9.